The van der Waals surface area contributed by atoms with Crippen molar-refractivity contribution >= 4 is 0 Å². The van der Waals surface area contributed by atoms with Gasteiger partial charge in [-0.15, -0.1) is 0 Å². The van der Waals surface area contributed by atoms with Gasteiger partial charge < -0.3 is 0 Å². The number of halogens is 2. The van der Waals surface area contributed by atoms with Crippen LogP contribution in [0.25, 0.3) is 11.1 Å². The summed E-state index contributed by atoms with van der Waals surface area (Å²) in [6.07, 6.45) is 2.08. The first-order valence-electron chi connectivity index (χ1n) is 5.46. The Labute approximate surface area is 104 Å². The summed E-state index contributed by atoms with van der Waals surface area (Å²) in [5.74, 6) is -1.70. The summed E-state index contributed by atoms with van der Waals surface area (Å²) in [5.41, 5.74) is 2.45. The number of benzene rings is 2. The summed E-state index contributed by atoms with van der Waals surface area (Å²) in [6, 6.07) is 13.2. The summed E-state index contributed by atoms with van der Waals surface area (Å²) in [7, 11) is 0. The second-order valence-corrected chi connectivity index (χ2v) is 3.86. The Morgan fingerprint density at radius 3 is 2.22 bits per heavy atom. The average molecular weight is 242 g/mol. The fraction of sp³-hybridized carbons (Fsp3) is 0.0667. The van der Waals surface area contributed by atoms with E-state index in [0.29, 0.717) is 12.0 Å². The number of hydrogen-bond donors (Lipinski definition) is 0. The molecule has 0 aromatic heterocycles. The van der Waals surface area contributed by atoms with E-state index >= 15 is 0 Å². The molecule has 0 bridgehead atoms. The normalized spacial score (nSPS) is 10.1. The minimum atomic E-state index is -0.852. The van der Waals surface area contributed by atoms with E-state index in [1.165, 1.54) is 18.6 Å². The van der Waals surface area contributed by atoms with Gasteiger partial charge in [0.25, 0.3) is 0 Å². The maximum Gasteiger partial charge on any atom is 0.159 e. The zero-order valence-electron chi connectivity index (χ0n) is 9.53. The number of nitriles is 1. The third-order valence-electron chi connectivity index (χ3n) is 2.64. The molecule has 0 heterocycles. The molecule has 89 valence electrons. The first kappa shape index (κ1) is 12.3. The van der Waals surface area contributed by atoms with E-state index in [9.17, 15) is 8.78 Å². The highest BCUT2D eigenvalue weighted by atomic mass is 19.2. The maximum absolute atomic E-state index is 13.1. The van der Waals surface area contributed by atoms with Crippen LogP contribution in [0.4, 0.5) is 8.78 Å². The molecule has 1 nitrogen and oxygen atoms in total. The second-order valence-electron chi connectivity index (χ2n) is 3.86. The van der Waals surface area contributed by atoms with Gasteiger partial charge in [-0.25, -0.2) is 8.78 Å². The van der Waals surface area contributed by atoms with Crippen molar-refractivity contribution in [3.63, 3.8) is 0 Å². The Balaban J connectivity index is 2.23. The highest BCUT2D eigenvalue weighted by Gasteiger charge is 2.04. The van der Waals surface area contributed by atoms with Crippen LogP contribution in [-0.4, -0.2) is 0 Å². The smallest absolute Gasteiger partial charge is 0.159 e. The van der Waals surface area contributed by atoms with Crippen LogP contribution in [0.15, 0.2) is 42.5 Å². The fourth-order valence-corrected chi connectivity index (χ4v) is 1.67. The molecular formula is C15H10F2N. The van der Waals surface area contributed by atoms with Crippen molar-refractivity contribution in [2.24, 2.45) is 0 Å². The SMILES string of the molecule is N#C[CH]Cc1ccc(-c2ccc(F)c(F)c2)cc1. The van der Waals surface area contributed by atoms with Crippen LogP contribution in [0.5, 0.6) is 0 Å². The highest BCUT2D eigenvalue weighted by Crippen LogP contribution is 2.22. The topological polar surface area (TPSA) is 23.8 Å². The number of rotatable bonds is 3. The first-order chi connectivity index (χ1) is 8.70. The molecule has 0 saturated heterocycles. The largest absolute Gasteiger partial charge is 0.204 e. The predicted molar refractivity (Wildman–Crippen MR) is 65.4 cm³/mol. The van der Waals surface area contributed by atoms with Crippen molar-refractivity contribution in [3.8, 4) is 17.2 Å². The minimum absolute atomic E-state index is 0.578. The summed E-state index contributed by atoms with van der Waals surface area (Å²) in [5, 5.41) is 8.43. The Hall–Kier alpha value is -2.21. The zero-order valence-corrected chi connectivity index (χ0v) is 9.53. The van der Waals surface area contributed by atoms with Gasteiger partial charge in [-0.05, 0) is 35.2 Å². The third kappa shape index (κ3) is 2.72. The van der Waals surface area contributed by atoms with Gasteiger partial charge in [0.15, 0.2) is 11.6 Å². The van der Waals surface area contributed by atoms with Crippen LogP contribution in [0.1, 0.15) is 5.56 Å². The molecule has 0 fully saturated rings. The van der Waals surface area contributed by atoms with Crippen molar-refractivity contribution in [2.45, 2.75) is 6.42 Å². The van der Waals surface area contributed by atoms with Gasteiger partial charge in [-0.2, -0.15) is 5.26 Å². The molecule has 0 aliphatic rings. The summed E-state index contributed by atoms with van der Waals surface area (Å²) >= 11 is 0. The molecule has 3 heteroatoms. The highest BCUT2D eigenvalue weighted by molar-refractivity contribution is 5.63. The maximum atomic E-state index is 13.1. The van der Waals surface area contributed by atoms with Crippen LogP contribution < -0.4 is 0 Å². The van der Waals surface area contributed by atoms with Gasteiger partial charge in [-0.3, -0.25) is 0 Å². The van der Waals surface area contributed by atoms with E-state index in [1.807, 2.05) is 30.3 Å². The van der Waals surface area contributed by atoms with Crippen molar-refractivity contribution < 1.29 is 8.78 Å². The quantitative estimate of drug-likeness (QED) is 0.800. The minimum Gasteiger partial charge on any atom is -0.204 e. The van der Waals surface area contributed by atoms with Gasteiger partial charge in [0, 0.05) is 0 Å². The standard InChI is InChI=1S/C15H10F2N/c16-14-8-7-13(10-15(14)17)12-5-3-11(4-6-12)2-1-9-18/h1,3-8,10H,2H2. The molecule has 0 aliphatic heterocycles. The van der Waals surface area contributed by atoms with E-state index in [4.69, 9.17) is 5.26 Å². The molecule has 0 unspecified atom stereocenters. The van der Waals surface area contributed by atoms with E-state index in [-0.39, 0.29) is 0 Å². The predicted octanol–water partition coefficient (Wildman–Crippen LogP) is 3.90. The summed E-state index contributed by atoms with van der Waals surface area (Å²) < 4.78 is 25.9. The summed E-state index contributed by atoms with van der Waals surface area (Å²) in [4.78, 5) is 0. The lowest BCUT2D eigenvalue weighted by Crippen LogP contribution is -1.87. The van der Waals surface area contributed by atoms with Gasteiger partial charge in [0.05, 0.1) is 12.5 Å². The van der Waals surface area contributed by atoms with Crippen molar-refractivity contribution in [1.82, 2.24) is 0 Å². The molecule has 1 radical (unpaired) electrons. The molecule has 0 saturated carbocycles. The Morgan fingerprint density at radius 1 is 0.944 bits per heavy atom. The zero-order chi connectivity index (χ0) is 13.0. The molecule has 0 N–H and O–H groups in total. The summed E-state index contributed by atoms with van der Waals surface area (Å²) in [6.45, 7) is 0. The molecule has 0 spiro atoms. The lowest BCUT2D eigenvalue weighted by Gasteiger charge is -2.04. The van der Waals surface area contributed by atoms with Gasteiger partial charge in [0.1, 0.15) is 0 Å². The van der Waals surface area contributed by atoms with Crippen LogP contribution in [0.2, 0.25) is 0 Å². The lowest BCUT2D eigenvalue weighted by molar-refractivity contribution is 0.509. The van der Waals surface area contributed by atoms with E-state index in [0.717, 1.165) is 17.2 Å². The Morgan fingerprint density at radius 2 is 1.61 bits per heavy atom. The van der Waals surface area contributed by atoms with Crippen LogP contribution >= 0.6 is 0 Å². The van der Waals surface area contributed by atoms with Gasteiger partial charge in [-0.1, -0.05) is 30.3 Å². The Bertz CT molecular complexity index is 582. The lowest BCUT2D eigenvalue weighted by atomic mass is 10.0. The first-order valence-corrected chi connectivity index (χ1v) is 5.46. The number of hydrogen-bond acceptors (Lipinski definition) is 1. The van der Waals surface area contributed by atoms with Crippen molar-refractivity contribution in [1.29, 1.82) is 5.26 Å². The molecule has 0 aliphatic carbocycles. The molecule has 2 rings (SSSR count). The van der Waals surface area contributed by atoms with Crippen LogP contribution in [0.3, 0.4) is 0 Å². The van der Waals surface area contributed by atoms with Gasteiger partial charge in [0.2, 0.25) is 0 Å². The van der Waals surface area contributed by atoms with E-state index < -0.39 is 11.6 Å². The molecular weight excluding hydrogens is 232 g/mol. The average Bonchev–Trinajstić information content (AvgIpc) is 2.40. The second kappa shape index (κ2) is 5.42. The molecule has 2 aromatic rings. The van der Waals surface area contributed by atoms with E-state index in [2.05, 4.69) is 0 Å². The molecule has 2 aromatic carbocycles. The third-order valence-corrected chi connectivity index (χ3v) is 2.64. The van der Waals surface area contributed by atoms with Gasteiger partial charge >= 0.3 is 0 Å². The number of nitrogens with zero attached hydrogens (tertiary/aromatic N) is 1. The monoisotopic (exact) mass is 242 g/mol. The van der Waals surface area contributed by atoms with E-state index in [1.54, 1.807) is 0 Å². The fourth-order valence-electron chi connectivity index (χ4n) is 1.67. The molecule has 0 amide bonds. The van der Waals surface area contributed by atoms with Crippen molar-refractivity contribution in [2.75, 3.05) is 0 Å². The van der Waals surface area contributed by atoms with Crippen molar-refractivity contribution in [3.05, 3.63) is 66.1 Å². The molecule has 18 heavy (non-hydrogen) atoms. The van der Waals surface area contributed by atoms with Crippen LogP contribution in [-0.2, 0) is 6.42 Å². The van der Waals surface area contributed by atoms with Crippen LogP contribution in [0, 0.1) is 29.4 Å². The molecule has 0 atom stereocenters. The Kier molecular flexibility index (Phi) is 3.69.